The molecule has 120 valence electrons. The summed E-state index contributed by atoms with van der Waals surface area (Å²) in [4.78, 5) is 5.88. The summed E-state index contributed by atoms with van der Waals surface area (Å²) in [6.07, 6.45) is 6.83. The maximum absolute atomic E-state index is 11.6. The summed E-state index contributed by atoms with van der Waals surface area (Å²) in [6, 6.07) is 7.30. The first-order chi connectivity index (χ1) is 10.7. The largest absolute Gasteiger partial charge is 0.616 e. The molecule has 2 unspecified atom stereocenters. The van der Waals surface area contributed by atoms with E-state index in [1.54, 1.807) is 0 Å². The van der Waals surface area contributed by atoms with Crippen LogP contribution in [0.15, 0.2) is 24.4 Å². The van der Waals surface area contributed by atoms with Gasteiger partial charge in [0.2, 0.25) is 0 Å². The molecule has 1 N–H and O–H groups in total. The van der Waals surface area contributed by atoms with Gasteiger partial charge in [0.15, 0.2) is 0 Å². The molecule has 22 heavy (non-hydrogen) atoms. The molecule has 0 radical (unpaired) electrons. The Morgan fingerprint density at radius 2 is 2.27 bits per heavy atom. The van der Waals surface area contributed by atoms with E-state index in [4.69, 9.17) is 0 Å². The monoisotopic (exact) mass is 318 g/mol. The first-order valence-corrected chi connectivity index (χ1v) is 9.80. The third-order valence-electron chi connectivity index (χ3n) is 4.90. The van der Waals surface area contributed by atoms with Crippen LogP contribution in [0.5, 0.6) is 0 Å². The van der Waals surface area contributed by atoms with Crippen LogP contribution in [-0.2, 0) is 24.0 Å². The van der Waals surface area contributed by atoms with E-state index in [1.807, 2.05) is 6.92 Å². The van der Waals surface area contributed by atoms with Crippen LogP contribution >= 0.6 is 0 Å². The van der Waals surface area contributed by atoms with Gasteiger partial charge in [-0.2, -0.15) is 0 Å². The van der Waals surface area contributed by atoms with Crippen molar-refractivity contribution >= 4 is 22.1 Å². The number of likely N-dealkylation sites (N-methyl/N-ethyl adjacent to an activating group) is 1. The van der Waals surface area contributed by atoms with Gasteiger partial charge in [-0.15, -0.1) is 0 Å². The first kappa shape index (κ1) is 15.9. The quantitative estimate of drug-likeness (QED) is 0.832. The van der Waals surface area contributed by atoms with Crippen molar-refractivity contribution < 1.29 is 4.55 Å². The SMILES string of the molecule is CC[S+]([O-])CCc1ccc2[nH]cc(CC3CCCN3C)c2c1. The Hall–Kier alpha value is -0.970. The van der Waals surface area contributed by atoms with Crippen LogP contribution in [0.3, 0.4) is 0 Å². The molecular formula is C18H26N2OS. The lowest BCUT2D eigenvalue weighted by atomic mass is 10.0. The number of aryl methyl sites for hydroxylation is 1. The average molecular weight is 318 g/mol. The highest BCUT2D eigenvalue weighted by Gasteiger charge is 2.22. The van der Waals surface area contributed by atoms with Crippen molar-refractivity contribution in [3.8, 4) is 0 Å². The lowest BCUT2D eigenvalue weighted by Gasteiger charge is -2.18. The summed E-state index contributed by atoms with van der Waals surface area (Å²) in [5, 5.41) is 1.35. The van der Waals surface area contributed by atoms with E-state index in [9.17, 15) is 4.55 Å². The molecule has 3 rings (SSSR count). The molecule has 1 aliphatic rings. The molecule has 0 amide bonds. The average Bonchev–Trinajstić information content (AvgIpc) is 3.12. The van der Waals surface area contributed by atoms with E-state index in [2.05, 4.69) is 41.3 Å². The highest BCUT2D eigenvalue weighted by Crippen LogP contribution is 2.25. The van der Waals surface area contributed by atoms with Crippen LogP contribution < -0.4 is 0 Å². The number of hydrogen-bond donors (Lipinski definition) is 1. The van der Waals surface area contributed by atoms with E-state index in [0.29, 0.717) is 6.04 Å². The minimum absolute atomic E-state index is 0.676. The third-order valence-corrected chi connectivity index (χ3v) is 6.20. The van der Waals surface area contributed by atoms with Gasteiger partial charge in [-0.1, -0.05) is 17.2 Å². The number of nitrogens with zero attached hydrogens (tertiary/aromatic N) is 1. The molecule has 1 saturated heterocycles. The summed E-state index contributed by atoms with van der Waals surface area (Å²) in [7, 11) is 2.23. The number of H-pyrrole nitrogens is 1. The first-order valence-electron chi connectivity index (χ1n) is 8.31. The maximum atomic E-state index is 11.6. The number of aromatic nitrogens is 1. The summed E-state index contributed by atoms with van der Waals surface area (Å²) in [5.41, 5.74) is 3.94. The molecule has 1 aromatic heterocycles. The highest BCUT2D eigenvalue weighted by molar-refractivity contribution is 7.91. The summed E-state index contributed by atoms with van der Waals surface area (Å²) < 4.78 is 11.6. The third kappa shape index (κ3) is 3.50. The zero-order chi connectivity index (χ0) is 15.5. The van der Waals surface area contributed by atoms with Gasteiger partial charge in [-0.3, -0.25) is 0 Å². The van der Waals surface area contributed by atoms with E-state index in [1.165, 1.54) is 41.4 Å². The minimum Gasteiger partial charge on any atom is -0.616 e. The Balaban J connectivity index is 1.76. The fraction of sp³-hybridized carbons (Fsp3) is 0.556. The van der Waals surface area contributed by atoms with Gasteiger partial charge in [0, 0.05) is 29.6 Å². The molecule has 1 aliphatic heterocycles. The highest BCUT2D eigenvalue weighted by atomic mass is 32.2. The van der Waals surface area contributed by atoms with Crippen molar-refractivity contribution in [1.82, 2.24) is 9.88 Å². The zero-order valence-corrected chi connectivity index (χ0v) is 14.4. The number of hydrogen-bond acceptors (Lipinski definition) is 2. The van der Waals surface area contributed by atoms with Crippen LogP contribution in [0.4, 0.5) is 0 Å². The molecule has 4 heteroatoms. The topological polar surface area (TPSA) is 42.1 Å². The van der Waals surface area contributed by atoms with Crippen LogP contribution in [0.2, 0.25) is 0 Å². The Morgan fingerprint density at radius 3 is 3.00 bits per heavy atom. The Labute approximate surface area is 136 Å². The predicted molar refractivity (Wildman–Crippen MR) is 94.9 cm³/mol. The molecular weight excluding hydrogens is 292 g/mol. The summed E-state index contributed by atoms with van der Waals surface area (Å²) >= 11 is -0.680. The van der Waals surface area contributed by atoms with Crippen molar-refractivity contribution in [2.45, 2.75) is 38.6 Å². The lowest BCUT2D eigenvalue weighted by Crippen LogP contribution is -2.26. The van der Waals surface area contributed by atoms with Crippen molar-refractivity contribution in [3.63, 3.8) is 0 Å². The fourth-order valence-electron chi connectivity index (χ4n) is 3.42. The van der Waals surface area contributed by atoms with Crippen LogP contribution in [0, 0.1) is 0 Å². The number of rotatable bonds is 6. The van der Waals surface area contributed by atoms with Crippen LogP contribution in [0.1, 0.15) is 30.9 Å². The van der Waals surface area contributed by atoms with Crippen molar-refractivity contribution in [2.24, 2.45) is 0 Å². The molecule has 2 heterocycles. The summed E-state index contributed by atoms with van der Waals surface area (Å²) in [6.45, 7) is 3.21. The fourth-order valence-corrected chi connectivity index (χ4v) is 4.17. The molecule has 1 aromatic carbocycles. The standard InChI is InChI=1S/C18H26N2OS/c1-3-22(21)10-8-14-6-7-18-17(11-14)15(13-19-18)12-16-5-4-9-20(16)2/h6-7,11,13,16,19H,3-5,8-10,12H2,1-2H3. The van der Waals surface area contributed by atoms with Crippen molar-refractivity contribution in [2.75, 3.05) is 25.1 Å². The number of likely N-dealkylation sites (tertiary alicyclic amines) is 1. The molecule has 2 aromatic rings. The molecule has 0 spiro atoms. The molecule has 1 fully saturated rings. The molecule has 0 saturated carbocycles. The number of aromatic amines is 1. The van der Waals surface area contributed by atoms with Gasteiger partial charge < -0.3 is 14.4 Å². The second-order valence-corrected chi connectivity index (χ2v) is 8.22. The number of benzene rings is 1. The van der Waals surface area contributed by atoms with Gasteiger partial charge >= 0.3 is 0 Å². The Kier molecular flexibility index (Phi) is 5.11. The molecule has 0 aliphatic carbocycles. The Bertz CT molecular complexity index is 625. The van der Waals surface area contributed by atoms with Gasteiger partial charge in [0.25, 0.3) is 0 Å². The van der Waals surface area contributed by atoms with Gasteiger partial charge in [-0.05, 0) is 63.0 Å². The van der Waals surface area contributed by atoms with E-state index in [0.717, 1.165) is 24.3 Å². The van der Waals surface area contributed by atoms with Gasteiger partial charge in [0.1, 0.15) is 11.5 Å². The minimum atomic E-state index is -0.680. The van der Waals surface area contributed by atoms with Crippen LogP contribution in [-0.4, -0.2) is 45.6 Å². The van der Waals surface area contributed by atoms with E-state index in [-0.39, 0.29) is 0 Å². The predicted octanol–water partition coefficient (Wildman–Crippen LogP) is 3.12. The summed E-state index contributed by atoms with van der Waals surface area (Å²) in [5.74, 6) is 1.53. The maximum Gasteiger partial charge on any atom is 0.109 e. The number of nitrogens with one attached hydrogen (secondary N) is 1. The van der Waals surface area contributed by atoms with Crippen LogP contribution in [0.25, 0.3) is 10.9 Å². The second kappa shape index (κ2) is 7.07. The normalized spacial score (nSPS) is 20.8. The lowest BCUT2D eigenvalue weighted by molar-refractivity contribution is 0.310. The van der Waals surface area contributed by atoms with E-state index < -0.39 is 11.2 Å². The number of fused-ring (bicyclic) bond motifs is 1. The Morgan fingerprint density at radius 1 is 1.41 bits per heavy atom. The van der Waals surface area contributed by atoms with Gasteiger partial charge in [0.05, 0.1) is 0 Å². The van der Waals surface area contributed by atoms with Crippen molar-refractivity contribution in [3.05, 3.63) is 35.5 Å². The molecule has 2 atom stereocenters. The smallest absolute Gasteiger partial charge is 0.109 e. The molecule has 0 bridgehead atoms. The second-order valence-electron chi connectivity index (χ2n) is 6.36. The van der Waals surface area contributed by atoms with E-state index >= 15 is 0 Å². The van der Waals surface area contributed by atoms with Gasteiger partial charge in [-0.25, -0.2) is 0 Å². The van der Waals surface area contributed by atoms with Crippen molar-refractivity contribution in [1.29, 1.82) is 0 Å². The zero-order valence-electron chi connectivity index (χ0n) is 13.6. The molecule has 3 nitrogen and oxygen atoms in total.